The average molecular weight is 488 g/mol. The van der Waals surface area contributed by atoms with Crippen LogP contribution in [0.15, 0.2) is 36.4 Å². The summed E-state index contributed by atoms with van der Waals surface area (Å²) in [5.41, 5.74) is 1.62. The molecule has 6 bridgehead atoms. The lowest BCUT2D eigenvalue weighted by Gasteiger charge is -2.56. The molecule has 7 heteroatoms. The number of aromatic amines is 1. The fourth-order valence-electron chi connectivity index (χ4n) is 8.35. The molecule has 36 heavy (non-hydrogen) atoms. The van der Waals surface area contributed by atoms with Crippen molar-refractivity contribution >= 4 is 17.6 Å². The normalized spacial score (nSPS) is 35.4. The summed E-state index contributed by atoms with van der Waals surface area (Å²) in [6.45, 7) is 0.355. The summed E-state index contributed by atoms with van der Waals surface area (Å²) in [7, 11) is 0. The highest BCUT2D eigenvalue weighted by molar-refractivity contribution is 6.04. The molecule has 3 atom stereocenters. The first kappa shape index (κ1) is 22.3. The van der Waals surface area contributed by atoms with E-state index in [1.165, 1.54) is 31.4 Å². The summed E-state index contributed by atoms with van der Waals surface area (Å²) in [6, 6.07) is 6.32. The molecule has 1 unspecified atom stereocenters. The van der Waals surface area contributed by atoms with Crippen LogP contribution in [0.4, 0.5) is 5.69 Å². The molecule has 7 nitrogen and oxygen atoms in total. The van der Waals surface area contributed by atoms with E-state index in [0.29, 0.717) is 35.7 Å². The largest absolute Gasteiger partial charge is 0.478 e. The van der Waals surface area contributed by atoms with E-state index in [9.17, 15) is 14.7 Å². The number of fused-ring (bicyclic) bond motifs is 2. The number of H-pyrrole nitrogens is 1. The van der Waals surface area contributed by atoms with Crippen LogP contribution in [0.25, 0.3) is 0 Å². The van der Waals surface area contributed by atoms with Crippen LogP contribution in [-0.2, 0) is 11.3 Å². The van der Waals surface area contributed by atoms with Gasteiger partial charge in [0.1, 0.15) is 5.82 Å². The molecular weight excluding hydrogens is 454 g/mol. The first-order valence-corrected chi connectivity index (χ1v) is 13.5. The molecule has 1 heterocycles. The van der Waals surface area contributed by atoms with Crippen molar-refractivity contribution in [2.24, 2.45) is 29.6 Å². The lowest BCUT2D eigenvalue weighted by atomic mass is 9.54. The van der Waals surface area contributed by atoms with Crippen LogP contribution in [0.3, 0.4) is 0 Å². The van der Waals surface area contributed by atoms with Crippen LogP contribution in [0, 0.1) is 29.6 Å². The maximum Gasteiger partial charge on any atom is 0.335 e. The van der Waals surface area contributed by atoms with Crippen LogP contribution >= 0.6 is 0 Å². The molecule has 1 aromatic heterocycles. The van der Waals surface area contributed by atoms with Gasteiger partial charge in [0.15, 0.2) is 5.69 Å². The Labute approximate surface area is 210 Å². The molecule has 6 aliphatic rings. The Morgan fingerprint density at radius 3 is 2.44 bits per heavy atom. The Morgan fingerprint density at radius 2 is 1.81 bits per heavy atom. The summed E-state index contributed by atoms with van der Waals surface area (Å²) < 4.78 is 6.71. The fourth-order valence-corrected chi connectivity index (χ4v) is 8.35. The van der Waals surface area contributed by atoms with Gasteiger partial charge in [0.05, 0.1) is 23.5 Å². The van der Waals surface area contributed by atoms with Gasteiger partial charge in [-0.15, -0.1) is 0 Å². The van der Waals surface area contributed by atoms with E-state index in [1.807, 2.05) is 0 Å². The topological polar surface area (TPSA) is 104 Å². The molecule has 6 aliphatic carbocycles. The predicted molar refractivity (Wildman–Crippen MR) is 134 cm³/mol. The van der Waals surface area contributed by atoms with Crippen LogP contribution in [0.1, 0.15) is 89.6 Å². The molecule has 5 fully saturated rings. The zero-order chi connectivity index (χ0) is 24.4. The van der Waals surface area contributed by atoms with Crippen molar-refractivity contribution in [3.8, 4) is 0 Å². The number of imidazole rings is 1. The van der Waals surface area contributed by atoms with Gasteiger partial charge in [-0.1, -0.05) is 18.2 Å². The maximum absolute atomic E-state index is 13.4. The summed E-state index contributed by atoms with van der Waals surface area (Å²) >= 11 is 0. The van der Waals surface area contributed by atoms with Crippen LogP contribution in [-0.4, -0.2) is 32.6 Å². The number of carbonyl (C=O) groups excluding carboxylic acids is 1. The zero-order valence-electron chi connectivity index (χ0n) is 20.4. The van der Waals surface area contributed by atoms with Crippen LogP contribution in [0.5, 0.6) is 0 Å². The molecule has 2 aromatic rings. The van der Waals surface area contributed by atoms with Crippen LogP contribution < -0.4 is 5.32 Å². The lowest BCUT2D eigenvalue weighted by molar-refractivity contribution is -0.169. The first-order chi connectivity index (χ1) is 17.4. The van der Waals surface area contributed by atoms with Crippen LogP contribution in [0.2, 0.25) is 0 Å². The molecule has 188 valence electrons. The third-order valence-corrected chi connectivity index (χ3v) is 9.51. The molecular formula is C29H33N3O4. The van der Waals surface area contributed by atoms with E-state index in [1.54, 1.807) is 12.1 Å². The van der Waals surface area contributed by atoms with E-state index in [0.717, 1.165) is 61.4 Å². The number of allylic oxidation sites excluding steroid dienone is 2. The van der Waals surface area contributed by atoms with Crippen molar-refractivity contribution in [3.05, 3.63) is 59.2 Å². The number of carboxylic acids is 1. The second kappa shape index (κ2) is 8.30. The maximum atomic E-state index is 13.4. The second-order valence-electron chi connectivity index (χ2n) is 12.1. The van der Waals surface area contributed by atoms with Crippen molar-refractivity contribution in [2.45, 2.75) is 69.5 Å². The molecule has 0 radical (unpaired) electrons. The molecule has 8 rings (SSSR count). The predicted octanol–water partition coefficient (Wildman–Crippen LogP) is 5.53. The van der Waals surface area contributed by atoms with E-state index in [2.05, 4.69) is 22.5 Å². The number of nitrogens with zero attached hydrogens (tertiary/aromatic N) is 1. The Hall–Kier alpha value is -2.93. The van der Waals surface area contributed by atoms with Crippen molar-refractivity contribution < 1.29 is 19.4 Å². The fraction of sp³-hybridized carbons (Fsp3) is 0.552. The monoisotopic (exact) mass is 487 g/mol. The number of carbonyl (C=O) groups is 2. The Balaban J connectivity index is 1.15. The molecule has 1 aromatic carbocycles. The molecule has 5 saturated carbocycles. The summed E-state index contributed by atoms with van der Waals surface area (Å²) in [6.07, 6.45) is 14.3. The van der Waals surface area contributed by atoms with Gasteiger partial charge in [0.2, 0.25) is 0 Å². The van der Waals surface area contributed by atoms with E-state index in [-0.39, 0.29) is 17.1 Å². The first-order valence-electron chi connectivity index (χ1n) is 13.5. The number of anilines is 1. The van der Waals surface area contributed by atoms with Crippen molar-refractivity contribution in [2.75, 3.05) is 5.32 Å². The number of hydrogen-bond donors (Lipinski definition) is 3. The highest BCUT2D eigenvalue weighted by Gasteiger charge is 2.52. The minimum atomic E-state index is -1.03. The highest BCUT2D eigenvalue weighted by Crippen LogP contribution is 2.57. The van der Waals surface area contributed by atoms with Crippen molar-refractivity contribution in [3.63, 3.8) is 0 Å². The van der Waals surface area contributed by atoms with Gasteiger partial charge in [-0.3, -0.25) is 4.79 Å². The lowest BCUT2D eigenvalue weighted by Crippen LogP contribution is -2.51. The third-order valence-electron chi connectivity index (χ3n) is 9.51. The van der Waals surface area contributed by atoms with Crippen molar-refractivity contribution in [1.29, 1.82) is 0 Å². The van der Waals surface area contributed by atoms with Gasteiger partial charge < -0.3 is 20.1 Å². The number of rotatable bonds is 7. The molecule has 3 N–H and O–H groups in total. The minimum Gasteiger partial charge on any atom is -0.478 e. The number of aromatic nitrogens is 2. The summed E-state index contributed by atoms with van der Waals surface area (Å²) in [5.74, 6) is 3.27. The number of ether oxygens (including phenoxy) is 1. The van der Waals surface area contributed by atoms with E-state index in [4.69, 9.17) is 9.72 Å². The van der Waals surface area contributed by atoms with E-state index < -0.39 is 5.97 Å². The number of aromatic carboxylic acids is 1. The Bertz CT molecular complexity index is 1210. The third kappa shape index (κ3) is 3.88. The SMILES string of the molecule is O=C(O)c1cccc(NC(=O)c2nc([C@H]3CC4C=C[C@@H]3C4)[nH]c2COC23CC4CC(CC(C4)C2)C3)c1. The quantitative estimate of drug-likeness (QED) is 0.446. The minimum absolute atomic E-state index is 0.0568. The van der Waals surface area contributed by atoms with Gasteiger partial charge >= 0.3 is 5.97 Å². The highest BCUT2D eigenvalue weighted by atomic mass is 16.5. The second-order valence-corrected chi connectivity index (χ2v) is 12.1. The van der Waals surface area contributed by atoms with Gasteiger partial charge in [-0.05, 0) is 99.2 Å². The van der Waals surface area contributed by atoms with Gasteiger partial charge in [-0.2, -0.15) is 0 Å². The zero-order valence-corrected chi connectivity index (χ0v) is 20.4. The van der Waals surface area contributed by atoms with Gasteiger partial charge in [0, 0.05) is 11.6 Å². The smallest absolute Gasteiger partial charge is 0.335 e. The van der Waals surface area contributed by atoms with Gasteiger partial charge in [-0.25, -0.2) is 9.78 Å². The molecule has 1 amide bonds. The summed E-state index contributed by atoms with van der Waals surface area (Å²) in [4.78, 5) is 33.1. The molecule has 0 spiro atoms. The van der Waals surface area contributed by atoms with E-state index >= 15 is 0 Å². The number of hydrogen-bond acceptors (Lipinski definition) is 4. The number of amides is 1. The van der Waals surface area contributed by atoms with Crippen molar-refractivity contribution in [1.82, 2.24) is 9.97 Å². The Morgan fingerprint density at radius 1 is 1.06 bits per heavy atom. The summed E-state index contributed by atoms with van der Waals surface area (Å²) in [5, 5.41) is 12.2. The Kier molecular flexibility index (Phi) is 5.14. The van der Waals surface area contributed by atoms with Gasteiger partial charge in [0.25, 0.3) is 5.91 Å². The number of nitrogens with one attached hydrogen (secondary N) is 2. The number of benzene rings is 1. The number of carboxylic acid groups (broad SMARTS) is 1. The molecule has 0 aliphatic heterocycles. The molecule has 0 saturated heterocycles. The standard InChI is InChI=1S/C29H33N3O4/c33-27(30-22-3-1-2-21(11-22)28(34)35)25-24(31-26(32-25)23-10-16-4-5-20(23)9-16)15-36-29-12-17-6-18(13-29)8-19(7-17)14-29/h1-5,11,16-20,23H,6-10,12-15H2,(H,30,33)(H,31,32)(H,34,35)/t16?,17?,18?,19?,20-,23+,29?/m1/s1. The average Bonchev–Trinajstić information content (AvgIpc) is 3.58.